The molecular formula is C23H24F2N2O. The molecule has 3 nitrogen and oxygen atoms in total. The zero-order valence-electron chi connectivity index (χ0n) is 16.2. The summed E-state index contributed by atoms with van der Waals surface area (Å²) in [6.07, 6.45) is 0. The van der Waals surface area contributed by atoms with Gasteiger partial charge in [0.1, 0.15) is 5.75 Å². The van der Waals surface area contributed by atoms with Crippen molar-refractivity contribution in [1.29, 1.82) is 0 Å². The average molecular weight is 382 g/mol. The molecule has 3 rings (SSSR count). The molecule has 0 aliphatic carbocycles. The van der Waals surface area contributed by atoms with E-state index in [-0.39, 0.29) is 12.1 Å². The second-order valence-corrected chi connectivity index (χ2v) is 6.64. The molecule has 146 valence electrons. The van der Waals surface area contributed by atoms with Gasteiger partial charge in [-0.25, -0.2) is 8.78 Å². The number of anilines is 1. The molecule has 0 amide bonds. The minimum absolute atomic E-state index is 0.137. The lowest BCUT2D eigenvalue weighted by Crippen LogP contribution is -2.26. The molecule has 0 aromatic heterocycles. The monoisotopic (exact) mass is 382 g/mol. The van der Waals surface area contributed by atoms with Gasteiger partial charge in [0.05, 0.1) is 13.2 Å². The van der Waals surface area contributed by atoms with Crippen molar-refractivity contribution < 1.29 is 13.5 Å². The molecule has 2 N–H and O–H groups in total. The first-order chi connectivity index (χ1) is 13.5. The molecule has 0 bridgehead atoms. The van der Waals surface area contributed by atoms with Crippen molar-refractivity contribution in [1.82, 2.24) is 5.32 Å². The van der Waals surface area contributed by atoms with E-state index in [2.05, 4.69) is 16.7 Å². The highest BCUT2D eigenvalue weighted by Gasteiger charge is 2.19. The van der Waals surface area contributed by atoms with Gasteiger partial charge in [0.15, 0.2) is 11.6 Å². The van der Waals surface area contributed by atoms with Gasteiger partial charge < -0.3 is 10.1 Å². The number of nitrogens with one attached hydrogen (secondary N) is 2. The molecule has 0 aliphatic rings. The maximum Gasteiger partial charge on any atom is 0.159 e. The quantitative estimate of drug-likeness (QED) is 0.570. The number of hydrogen-bond donors (Lipinski definition) is 2. The van der Waals surface area contributed by atoms with Crippen LogP contribution in [0.1, 0.15) is 35.7 Å². The van der Waals surface area contributed by atoms with Crippen LogP contribution in [0.3, 0.4) is 0 Å². The molecular weight excluding hydrogens is 358 g/mol. The molecule has 5 heteroatoms. The van der Waals surface area contributed by atoms with Gasteiger partial charge in [-0.15, -0.1) is 0 Å². The zero-order chi connectivity index (χ0) is 20.1. The van der Waals surface area contributed by atoms with Crippen molar-refractivity contribution in [2.24, 2.45) is 0 Å². The van der Waals surface area contributed by atoms with Gasteiger partial charge in [0.2, 0.25) is 0 Å². The molecule has 0 spiro atoms. The van der Waals surface area contributed by atoms with E-state index < -0.39 is 11.6 Å². The van der Waals surface area contributed by atoms with Crippen molar-refractivity contribution in [3.8, 4) is 5.75 Å². The highest BCUT2D eigenvalue weighted by molar-refractivity contribution is 5.48. The molecule has 3 aromatic rings. The van der Waals surface area contributed by atoms with Gasteiger partial charge in [0, 0.05) is 18.8 Å². The summed E-state index contributed by atoms with van der Waals surface area (Å²) >= 11 is 0. The van der Waals surface area contributed by atoms with E-state index in [1.165, 1.54) is 6.07 Å². The van der Waals surface area contributed by atoms with Gasteiger partial charge in [-0.05, 0) is 60.0 Å². The van der Waals surface area contributed by atoms with Crippen LogP contribution in [-0.4, -0.2) is 14.2 Å². The van der Waals surface area contributed by atoms with Crippen LogP contribution < -0.4 is 15.4 Å². The molecule has 0 fully saturated rings. The maximum absolute atomic E-state index is 13.7. The van der Waals surface area contributed by atoms with Gasteiger partial charge >= 0.3 is 0 Å². The third kappa shape index (κ3) is 4.49. The van der Waals surface area contributed by atoms with Crippen molar-refractivity contribution in [2.75, 3.05) is 19.5 Å². The molecule has 2 atom stereocenters. The van der Waals surface area contributed by atoms with Crippen LogP contribution in [0.25, 0.3) is 0 Å². The van der Waals surface area contributed by atoms with Gasteiger partial charge in [-0.3, -0.25) is 5.32 Å². The topological polar surface area (TPSA) is 33.3 Å². The smallest absolute Gasteiger partial charge is 0.159 e. The summed E-state index contributed by atoms with van der Waals surface area (Å²) in [5.41, 5.74) is 3.79. The van der Waals surface area contributed by atoms with E-state index in [0.717, 1.165) is 28.6 Å². The second-order valence-electron chi connectivity index (χ2n) is 6.64. The summed E-state index contributed by atoms with van der Waals surface area (Å²) in [5, 5.41) is 6.70. The van der Waals surface area contributed by atoms with Crippen LogP contribution in [0.4, 0.5) is 14.5 Å². The Morgan fingerprint density at radius 2 is 1.54 bits per heavy atom. The van der Waals surface area contributed by atoms with Crippen molar-refractivity contribution in [2.45, 2.75) is 19.0 Å². The molecule has 0 saturated heterocycles. The highest BCUT2D eigenvalue weighted by atomic mass is 19.2. The summed E-state index contributed by atoms with van der Waals surface area (Å²) < 4.78 is 32.2. The zero-order valence-corrected chi connectivity index (χ0v) is 16.2. The van der Waals surface area contributed by atoms with Gasteiger partial charge in [-0.2, -0.15) is 0 Å². The SMILES string of the molecule is CNc1cccc(C(NC(C)c2ccc(F)c(F)c2)c2ccc(OC)cc2)c1. The Balaban J connectivity index is 1.95. The average Bonchev–Trinajstić information content (AvgIpc) is 2.74. The number of ether oxygens (including phenoxy) is 1. The van der Waals surface area contributed by atoms with E-state index in [9.17, 15) is 8.78 Å². The number of halogens is 2. The molecule has 0 aliphatic heterocycles. The lowest BCUT2D eigenvalue weighted by atomic mass is 9.96. The molecule has 0 radical (unpaired) electrons. The van der Waals surface area contributed by atoms with E-state index in [4.69, 9.17) is 4.74 Å². The van der Waals surface area contributed by atoms with Crippen molar-refractivity contribution >= 4 is 5.69 Å². The Morgan fingerprint density at radius 3 is 2.18 bits per heavy atom. The summed E-state index contributed by atoms with van der Waals surface area (Å²) in [6, 6.07) is 19.6. The Bertz CT molecular complexity index is 928. The summed E-state index contributed by atoms with van der Waals surface area (Å²) in [7, 11) is 3.51. The Labute approximate surface area is 164 Å². The van der Waals surface area contributed by atoms with E-state index >= 15 is 0 Å². The van der Waals surface area contributed by atoms with Crippen molar-refractivity contribution in [3.05, 3.63) is 95.1 Å². The maximum atomic E-state index is 13.7. The van der Waals surface area contributed by atoms with Crippen LogP contribution in [0.15, 0.2) is 66.7 Å². The van der Waals surface area contributed by atoms with Crippen LogP contribution in [0.2, 0.25) is 0 Å². The Hall–Kier alpha value is -2.92. The molecule has 2 unspecified atom stereocenters. The lowest BCUT2D eigenvalue weighted by Gasteiger charge is -2.25. The molecule has 0 heterocycles. The fraction of sp³-hybridized carbons (Fsp3) is 0.217. The predicted octanol–water partition coefficient (Wildman–Crippen LogP) is 5.46. The highest BCUT2D eigenvalue weighted by Crippen LogP contribution is 2.29. The second kappa shape index (κ2) is 8.85. The minimum Gasteiger partial charge on any atom is -0.497 e. The fourth-order valence-electron chi connectivity index (χ4n) is 3.18. The first-order valence-corrected chi connectivity index (χ1v) is 9.14. The number of benzene rings is 3. The fourth-order valence-corrected chi connectivity index (χ4v) is 3.18. The number of hydrogen-bond acceptors (Lipinski definition) is 3. The van der Waals surface area contributed by atoms with E-state index in [1.807, 2.05) is 56.4 Å². The standard InChI is InChI=1S/C23H24F2N2O/c1-15(17-9-12-21(24)22(25)14-17)27-23(16-7-10-20(28-3)11-8-16)18-5-4-6-19(13-18)26-2/h4-15,23,26-27H,1-3H3. The van der Waals surface area contributed by atoms with Crippen LogP contribution >= 0.6 is 0 Å². The largest absolute Gasteiger partial charge is 0.497 e. The van der Waals surface area contributed by atoms with Crippen LogP contribution in [0, 0.1) is 11.6 Å². The Kier molecular flexibility index (Phi) is 6.26. The van der Waals surface area contributed by atoms with E-state index in [0.29, 0.717) is 5.56 Å². The number of methoxy groups -OCH3 is 1. The van der Waals surface area contributed by atoms with E-state index in [1.54, 1.807) is 13.2 Å². The van der Waals surface area contributed by atoms with Crippen molar-refractivity contribution in [3.63, 3.8) is 0 Å². The summed E-state index contributed by atoms with van der Waals surface area (Å²) in [4.78, 5) is 0. The third-order valence-corrected chi connectivity index (χ3v) is 4.82. The predicted molar refractivity (Wildman–Crippen MR) is 109 cm³/mol. The number of rotatable bonds is 7. The third-order valence-electron chi connectivity index (χ3n) is 4.82. The molecule has 28 heavy (non-hydrogen) atoms. The first-order valence-electron chi connectivity index (χ1n) is 9.14. The van der Waals surface area contributed by atoms with Gasteiger partial charge in [-0.1, -0.05) is 30.3 Å². The normalized spacial score (nSPS) is 13.0. The summed E-state index contributed by atoms with van der Waals surface area (Å²) in [5.74, 6) is -0.908. The molecule has 3 aromatic carbocycles. The van der Waals surface area contributed by atoms with Crippen LogP contribution in [-0.2, 0) is 0 Å². The first kappa shape index (κ1) is 19.8. The summed E-state index contributed by atoms with van der Waals surface area (Å²) in [6.45, 7) is 1.94. The lowest BCUT2D eigenvalue weighted by molar-refractivity contribution is 0.414. The Morgan fingerprint density at radius 1 is 0.821 bits per heavy atom. The van der Waals surface area contributed by atoms with Gasteiger partial charge in [0.25, 0.3) is 0 Å². The molecule has 0 saturated carbocycles. The van der Waals surface area contributed by atoms with Crippen LogP contribution in [0.5, 0.6) is 5.75 Å². The minimum atomic E-state index is -0.843.